The average molecular weight is 359 g/mol. The van der Waals surface area contributed by atoms with Gasteiger partial charge < -0.3 is 5.11 Å². The van der Waals surface area contributed by atoms with Crippen LogP contribution in [0.2, 0.25) is 0 Å². The predicted molar refractivity (Wildman–Crippen MR) is 104 cm³/mol. The molecule has 4 rings (SSSR count). The monoisotopic (exact) mass is 359 g/mol. The lowest BCUT2D eigenvalue weighted by Crippen LogP contribution is -2.18. The van der Waals surface area contributed by atoms with Gasteiger partial charge >= 0.3 is 0 Å². The van der Waals surface area contributed by atoms with E-state index < -0.39 is 4.92 Å². The minimum absolute atomic E-state index is 0.0318. The number of phenols is 1. The van der Waals surface area contributed by atoms with Gasteiger partial charge in [-0.05, 0) is 23.8 Å². The quantitative estimate of drug-likeness (QED) is 0.543. The van der Waals surface area contributed by atoms with Gasteiger partial charge in [0.1, 0.15) is 5.75 Å². The number of nitro benzene ring substituents is 1. The van der Waals surface area contributed by atoms with Crippen LogP contribution in [0.1, 0.15) is 23.6 Å². The highest BCUT2D eigenvalue weighted by Crippen LogP contribution is 2.40. The fourth-order valence-electron chi connectivity index (χ4n) is 3.29. The number of rotatable bonds is 4. The average Bonchev–Trinajstić information content (AvgIpc) is 3.14. The number of anilines is 1. The zero-order valence-corrected chi connectivity index (χ0v) is 14.4. The highest BCUT2D eigenvalue weighted by molar-refractivity contribution is 6.03. The molecule has 0 radical (unpaired) electrons. The van der Waals surface area contributed by atoms with Crippen molar-refractivity contribution in [2.24, 2.45) is 5.10 Å². The number of nitrogens with zero attached hydrogens (tertiary/aromatic N) is 3. The molecule has 0 aromatic heterocycles. The molecule has 0 spiro atoms. The first-order chi connectivity index (χ1) is 13.1. The van der Waals surface area contributed by atoms with Crippen LogP contribution in [0.5, 0.6) is 5.75 Å². The van der Waals surface area contributed by atoms with Gasteiger partial charge in [0.25, 0.3) is 5.69 Å². The predicted octanol–water partition coefficient (Wildman–Crippen LogP) is 4.66. The van der Waals surface area contributed by atoms with Crippen LogP contribution in [0, 0.1) is 10.1 Å². The molecule has 0 fully saturated rings. The van der Waals surface area contributed by atoms with Crippen molar-refractivity contribution < 1.29 is 10.0 Å². The number of hydrogen-bond acceptors (Lipinski definition) is 5. The van der Waals surface area contributed by atoms with Crippen LogP contribution in [-0.2, 0) is 0 Å². The van der Waals surface area contributed by atoms with Crippen LogP contribution in [0.3, 0.4) is 0 Å². The Labute approximate surface area is 156 Å². The van der Waals surface area contributed by atoms with Crippen LogP contribution in [-0.4, -0.2) is 15.7 Å². The van der Waals surface area contributed by atoms with Gasteiger partial charge in [-0.25, -0.2) is 0 Å². The molecule has 6 heteroatoms. The van der Waals surface area contributed by atoms with Gasteiger partial charge in [-0.3, -0.25) is 15.1 Å². The maximum atomic E-state index is 10.9. The van der Waals surface area contributed by atoms with Crippen molar-refractivity contribution >= 4 is 17.1 Å². The van der Waals surface area contributed by atoms with Crippen molar-refractivity contribution in [2.75, 3.05) is 5.01 Å². The Balaban J connectivity index is 1.76. The Bertz CT molecular complexity index is 1000. The van der Waals surface area contributed by atoms with E-state index in [-0.39, 0.29) is 17.5 Å². The molecule has 1 aliphatic rings. The Morgan fingerprint density at radius 3 is 2.30 bits per heavy atom. The summed E-state index contributed by atoms with van der Waals surface area (Å²) in [4.78, 5) is 10.5. The lowest BCUT2D eigenvalue weighted by Gasteiger charge is -2.24. The van der Waals surface area contributed by atoms with Crippen LogP contribution in [0.15, 0.2) is 84.0 Å². The van der Waals surface area contributed by atoms with Crippen molar-refractivity contribution in [3.63, 3.8) is 0 Å². The van der Waals surface area contributed by atoms with Gasteiger partial charge in [0, 0.05) is 24.1 Å². The maximum Gasteiger partial charge on any atom is 0.269 e. The molecule has 1 N–H and O–H groups in total. The van der Waals surface area contributed by atoms with Crippen molar-refractivity contribution in [3.05, 3.63) is 100 Å². The van der Waals surface area contributed by atoms with Crippen LogP contribution < -0.4 is 5.01 Å². The van der Waals surface area contributed by atoms with Gasteiger partial charge in [-0.2, -0.15) is 5.10 Å². The minimum Gasteiger partial charge on any atom is -0.508 e. The van der Waals surface area contributed by atoms with E-state index in [1.807, 2.05) is 47.5 Å². The number of nitro groups is 1. The van der Waals surface area contributed by atoms with Gasteiger partial charge in [0.05, 0.1) is 22.4 Å². The molecule has 1 atom stereocenters. The number of benzene rings is 3. The SMILES string of the molecule is O=[N+]([O-])c1ccc(N2N=C(c3ccccc3)C[C@H]2c2ccccc2O)cc1. The largest absolute Gasteiger partial charge is 0.508 e. The summed E-state index contributed by atoms with van der Waals surface area (Å²) in [5.41, 5.74) is 3.46. The molecule has 0 saturated carbocycles. The van der Waals surface area contributed by atoms with E-state index >= 15 is 0 Å². The minimum atomic E-state index is -0.424. The number of phenolic OH excluding ortho intramolecular Hbond substituents is 1. The molecular formula is C21H17N3O3. The van der Waals surface area contributed by atoms with Crippen molar-refractivity contribution in [2.45, 2.75) is 12.5 Å². The molecule has 6 nitrogen and oxygen atoms in total. The third-order valence-electron chi connectivity index (χ3n) is 4.64. The lowest BCUT2D eigenvalue weighted by molar-refractivity contribution is -0.384. The molecule has 27 heavy (non-hydrogen) atoms. The molecule has 0 amide bonds. The van der Waals surface area contributed by atoms with E-state index in [0.717, 1.165) is 22.5 Å². The van der Waals surface area contributed by atoms with Gasteiger partial charge in [0.2, 0.25) is 0 Å². The summed E-state index contributed by atoms with van der Waals surface area (Å²) in [6.45, 7) is 0. The summed E-state index contributed by atoms with van der Waals surface area (Å²) >= 11 is 0. The van der Waals surface area contributed by atoms with E-state index in [1.165, 1.54) is 12.1 Å². The molecule has 0 aliphatic carbocycles. The topological polar surface area (TPSA) is 79.0 Å². The van der Waals surface area contributed by atoms with Gasteiger partial charge in [-0.15, -0.1) is 0 Å². The van der Waals surface area contributed by atoms with E-state index in [2.05, 4.69) is 0 Å². The first kappa shape index (κ1) is 16.8. The van der Waals surface area contributed by atoms with Crippen molar-refractivity contribution in [1.29, 1.82) is 0 Å². The summed E-state index contributed by atoms with van der Waals surface area (Å²) < 4.78 is 0. The number of para-hydroxylation sites is 1. The zero-order chi connectivity index (χ0) is 18.8. The second kappa shape index (κ2) is 6.92. The summed E-state index contributed by atoms with van der Waals surface area (Å²) in [5.74, 6) is 0.207. The molecule has 1 aliphatic heterocycles. The van der Waals surface area contributed by atoms with Crippen molar-refractivity contribution in [1.82, 2.24) is 0 Å². The lowest BCUT2D eigenvalue weighted by atomic mass is 9.97. The number of aromatic hydroxyl groups is 1. The normalized spacial score (nSPS) is 16.2. The van der Waals surface area contributed by atoms with Crippen LogP contribution in [0.25, 0.3) is 0 Å². The highest BCUT2D eigenvalue weighted by Gasteiger charge is 2.31. The van der Waals surface area contributed by atoms with Gasteiger partial charge in [0.15, 0.2) is 0 Å². The molecule has 0 bridgehead atoms. The number of hydrazone groups is 1. The Hall–Kier alpha value is -3.67. The molecule has 134 valence electrons. The smallest absolute Gasteiger partial charge is 0.269 e. The first-order valence-corrected chi connectivity index (χ1v) is 8.58. The standard InChI is InChI=1S/C21H17N3O3/c25-21-9-5-4-8-18(21)20-14-19(15-6-2-1-3-7-15)22-23(20)16-10-12-17(13-11-16)24(26)27/h1-13,20,25H,14H2/t20-/m0/s1. The van der Waals surface area contributed by atoms with Crippen LogP contribution >= 0.6 is 0 Å². The third kappa shape index (κ3) is 3.25. The van der Waals surface area contributed by atoms with Gasteiger partial charge in [-0.1, -0.05) is 48.5 Å². The Kier molecular flexibility index (Phi) is 4.30. The van der Waals surface area contributed by atoms with Crippen LogP contribution in [0.4, 0.5) is 11.4 Å². The molecular weight excluding hydrogens is 342 g/mol. The fraction of sp³-hybridized carbons (Fsp3) is 0.0952. The number of hydrogen-bond donors (Lipinski definition) is 1. The zero-order valence-electron chi connectivity index (χ0n) is 14.4. The van der Waals surface area contributed by atoms with E-state index in [1.54, 1.807) is 24.3 Å². The maximum absolute atomic E-state index is 10.9. The first-order valence-electron chi connectivity index (χ1n) is 8.58. The third-order valence-corrected chi connectivity index (χ3v) is 4.64. The number of non-ortho nitro benzene ring substituents is 1. The Morgan fingerprint density at radius 1 is 0.963 bits per heavy atom. The second-order valence-corrected chi connectivity index (χ2v) is 6.31. The molecule has 0 unspecified atom stereocenters. The van der Waals surface area contributed by atoms with Crippen molar-refractivity contribution in [3.8, 4) is 5.75 Å². The summed E-state index contributed by atoms with van der Waals surface area (Å²) in [5, 5.41) is 27.9. The summed E-state index contributed by atoms with van der Waals surface area (Å²) in [7, 11) is 0. The molecule has 3 aromatic rings. The van der Waals surface area contributed by atoms with E-state index in [4.69, 9.17) is 5.10 Å². The summed E-state index contributed by atoms with van der Waals surface area (Å²) in [6, 6.07) is 23.2. The Morgan fingerprint density at radius 2 is 1.63 bits per heavy atom. The molecule has 1 heterocycles. The molecule has 0 saturated heterocycles. The summed E-state index contributed by atoms with van der Waals surface area (Å²) in [6.07, 6.45) is 0.624. The highest BCUT2D eigenvalue weighted by atomic mass is 16.6. The fourth-order valence-corrected chi connectivity index (χ4v) is 3.29. The molecule has 3 aromatic carbocycles. The van der Waals surface area contributed by atoms with E-state index in [9.17, 15) is 15.2 Å². The van der Waals surface area contributed by atoms with E-state index in [0.29, 0.717) is 6.42 Å². The second-order valence-electron chi connectivity index (χ2n) is 6.31.